The first kappa shape index (κ1) is 13.3. The number of carbonyl (C=O) groups is 1. The second-order valence-electron chi connectivity index (χ2n) is 3.63. The van der Waals surface area contributed by atoms with E-state index in [1.165, 1.54) is 7.11 Å². The lowest BCUT2D eigenvalue weighted by atomic mass is 10.1. The van der Waals surface area contributed by atoms with E-state index in [9.17, 15) is 4.79 Å². The Hall–Kier alpha value is -1.81. The van der Waals surface area contributed by atoms with Crippen molar-refractivity contribution in [3.8, 4) is 0 Å². The fraction of sp³-hybridized carbons (Fsp3) is 0.308. The Morgan fingerprint density at radius 1 is 1.53 bits per heavy atom. The lowest BCUT2D eigenvalue weighted by Crippen LogP contribution is -2.06. The molecule has 0 bridgehead atoms. The third-order valence-electron chi connectivity index (χ3n) is 2.34. The van der Waals surface area contributed by atoms with Crippen LogP contribution in [-0.2, 0) is 4.74 Å². The van der Waals surface area contributed by atoms with Gasteiger partial charge >= 0.3 is 5.97 Å². The molecule has 0 spiro atoms. The average molecular weight is 234 g/mol. The first-order valence-electron chi connectivity index (χ1n) is 5.48. The average Bonchev–Trinajstić information content (AvgIpc) is 2.35. The Kier molecular flexibility index (Phi) is 5.23. The molecule has 1 aromatic carbocycles. The Morgan fingerprint density at radius 2 is 2.29 bits per heavy atom. The van der Waals surface area contributed by atoms with Crippen molar-refractivity contribution in [2.24, 2.45) is 0 Å². The van der Waals surface area contributed by atoms with Crippen molar-refractivity contribution in [3.63, 3.8) is 0 Å². The van der Waals surface area contributed by atoms with E-state index in [0.717, 1.165) is 18.5 Å². The monoisotopic (exact) mass is 234 g/mol. The van der Waals surface area contributed by atoms with Crippen LogP contribution in [0.2, 0.25) is 0 Å². The van der Waals surface area contributed by atoms with Gasteiger partial charge in [0.1, 0.15) is 0 Å². The SMILES string of the molecule is CNCCC=Cc1ccc(N)cc1C(=O)OC. The van der Waals surface area contributed by atoms with Crippen molar-refractivity contribution in [2.75, 3.05) is 26.4 Å². The molecular formula is C13H18N2O2. The molecule has 17 heavy (non-hydrogen) atoms. The van der Waals surface area contributed by atoms with Gasteiger partial charge in [0.2, 0.25) is 0 Å². The Morgan fingerprint density at radius 3 is 2.94 bits per heavy atom. The van der Waals surface area contributed by atoms with Crippen molar-refractivity contribution in [1.29, 1.82) is 0 Å². The van der Waals surface area contributed by atoms with Crippen molar-refractivity contribution < 1.29 is 9.53 Å². The van der Waals surface area contributed by atoms with Gasteiger partial charge in [-0.1, -0.05) is 18.2 Å². The number of ether oxygens (including phenoxy) is 1. The molecule has 0 fully saturated rings. The number of carbonyl (C=O) groups excluding carboxylic acids is 1. The summed E-state index contributed by atoms with van der Waals surface area (Å²) in [6.45, 7) is 0.902. The fourth-order valence-electron chi connectivity index (χ4n) is 1.44. The summed E-state index contributed by atoms with van der Waals surface area (Å²) < 4.78 is 4.72. The van der Waals surface area contributed by atoms with Crippen LogP contribution in [0, 0.1) is 0 Å². The lowest BCUT2D eigenvalue weighted by molar-refractivity contribution is 0.0600. The van der Waals surface area contributed by atoms with Gasteiger partial charge in [-0.05, 0) is 37.7 Å². The van der Waals surface area contributed by atoms with Crippen LogP contribution in [0.5, 0.6) is 0 Å². The molecule has 0 aliphatic rings. The van der Waals surface area contributed by atoms with Gasteiger partial charge in [-0.25, -0.2) is 4.79 Å². The van der Waals surface area contributed by atoms with Crippen LogP contribution >= 0.6 is 0 Å². The van der Waals surface area contributed by atoms with Gasteiger partial charge in [0.15, 0.2) is 0 Å². The van der Waals surface area contributed by atoms with Gasteiger partial charge in [-0.15, -0.1) is 0 Å². The molecule has 4 heteroatoms. The topological polar surface area (TPSA) is 64.3 Å². The summed E-state index contributed by atoms with van der Waals surface area (Å²) in [6.07, 6.45) is 4.82. The minimum absolute atomic E-state index is 0.370. The van der Waals surface area contributed by atoms with E-state index >= 15 is 0 Å². The lowest BCUT2D eigenvalue weighted by Gasteiger charge is -2.05. The number of methoxy groups -OCH3 is 1. The maximum absolute atomic E-state index is 11.6. The van der Waals surface area contributed by atoms with Gasteiger partial charge in [0, 0.05) is 5.69 Å². The van der Waals surface area contributed by atoms with Gasteiger partial charge in [0.25, 0.3) is 0 Å². The smallest absolute Gasteiger partial charge is 0.338 e. The van der Waals surface area contributed by atoms with Crippen LogP contribution in [0.1, 0.15) is 22.3 Å². The van der Waals surface area contributed by atoms with Gasteiger partial charge in [0.05, 0.1) is 12.7 Å². The molecule has 1 rings (SSSR count). The Bertz CT molecular complexity index is 414. The van der Waals surface area contributed by atoms with Crippen molar-refractivity contribution in [1.82, 2.24) is 5.32 Å². The zero-order valence-electron chi connectivity index (χ0n) is 10.2. The van der Waals surface area contributed by atoms with Gasteiger partial charge in [-0.2, -0.15) is 0 Å². The number of rotatable bonds is 5. The molecule has 0 aromatic heterocycles. The van der Waals surface area contributed by atoms with E-state index in [-0.39, 0.29) is 5.97 Å². The third kappa shape index (κ3) is 3.92. The molecule has 0 heterocycles. The maximum atomic E-state index is 11.6. The Labute approximate surface area is 101 Å². The van der Waals surface area contributed by atoms with Crippen molar-refractivity contribution >= 4 is 17.7 Å². The number of esters is 1. The molecule has 0 saturated carbocycles. The number of nitrogens with two attached hydrogens (primary N) is 1. The summed E-state index contributed by atoms with van der Waals surface area (Å²) in [5, 5.41) is 3.05. The molecule has 0 radical (unpaired) electrons. The van der Waals surface area contributed by atoms with E-state index in [0.29, 0.717) is 11.3 Å². The number of nitrogen functional groups attached to an aromatic ring is 1. The molecular weight excluding hydrogens is 216 g/mol. The van der Waals surface area contributed by atoms with Crippen LogP contribution in [0.4, 0.5) is 5.69 Å². The highest BCUT2D eigenvalue weighted by atomic mass is 16.5. The minimum atomic E-state index is -0.370. The summed E-state index contributed by atoms with van der Waals surface area (Å²) in [4.78, 5) is 11.6. The molecule has 0 aliphatic heterocycles. The molecule has 4 nitrogen and oxygen atoms in total. The van der Waals surface area contributed by atoms with Gasteiger partial charge in [-0.3, -0.25) is 0 Å². The van der Waals surface area contributed by atoms with E-state index in [1.54, 1.807) is 12.1 Å². The molecule has 3 N–H and O–H groups in total. The summed E-state index contributed by atoms with van der Waals surface area (Å²) in [6, 6.07) is 5.21. The highest BCUT2D eigenvalue weighted by Gasteiger charge is 2.09. The molecule has 0 unspecified atom stereocenters. The quantitative estimate of drug-likeness (QED) is 0.462. The summed E-state index contributed by atoms with van der Waals surface area (Å²) in [5.41, 5.74) is 7.52. The largest absolute Gasteiger partial charge is 0.465 e. The first-order valence-corrected chi connectivity index (χ1v) is 5.48. The molecule has 0 aliphatic carbocycles. The number of nitrogens with one attached hydrogen (secondary N) is 1. The number of hydrogen-bond donors (Lipinski definition) is 2. The normalized spacial score (nSPS) is 10.7. The maximum Gasteiger partial charge on any atom is 0.338 e. The molecule has 0 amide bonds. The van der Waals surface area contributed by atoms with Crippen molar-refractivity contribution in [2.45, 2.75) is 6.42 Å². The number of hydrogen-bond acceptors (Lipinski definition) is 4. The summed E-state index contributed by atoms with van der Waals surface area (Å²) >= 11 is 0. The predicted octanol–water partition coefficient (Wildman–Crippen LogP) is 1.68. The highest BCUT2D eigenvalue weighted by molar-refractivity contribution is 5.94. The Balaban J connectivity index is 2.90. The van der Waals surface area contributed by atoms with Crippen LogP contribution < -0.4 is 11.1 Å². The number of benzene rings is 1. The zero-order chi connectivity index (χ0) is 12.7. The highest BCUT2D eigenvalue weighted by Crippen LogP contribution is 2.16. The zero-order valence-corrected chi connectivity index (χ0v) is 10.2. The fourth-order valence-corrected chi connectivity index (χ4v) is 1.44. The van der Waals surface area contributed by atoms with E-state index in [1.807, 2.05) is 25.3 Å². The van der Waals surface area contributed by atoms with Crippen LogP contribution in [0.25, 0.3) is 6.08 Å². The van der Waals surface area contributed by atoms with Crippen LogP contribution in [0.15, 0.2) is 24.3 Å². The van der Waals surface area contributed by atoms with E-state index in [4.69, 9.17) is 10.5 Å². The summed E-state index contributed by atoms with van der Waals surface area (Å²) in [5.74, 6) is -0.370. The standard InChI is InChI=1S/C13H18N2O2/c1-15-8-4-3-5-10-6-7-11(14)9-12(10)13(16)17-2/h3,5-7,9,15H,4,8,14H2,1-2H3. The molecule has 0 saturated heterocycles. The first-order chi connectivity index (χ1) is 8.19. The molecule has 0 atom stereocenters. The third-order valence-corrected chi connectivity index (χ3v) is 2.34. The predicted molar refractivity (Wildman–Crippen MR) is 69.8 cm³/mol. The van der Waals surface area contributed by atoms with Crippen LogP contribution in [0.3, 0.4) is 0 Å². The van der Waals surface area contributed by atoms with Crippen LogP contribution in [-0.4, -0.2) is 26.7 Å². The molecule has 92 valence electrons. The van der Waals surface area contributed by atoms with Gasteiger partial charge < -0.3 is 15.8 Å². The molecule has 1 aromatic rings. The number of anilines is 1. The second-order valence-corrected chi connectivity index (χ2v) is 3.63. The summed E-state index contributed by atoms with van der Waals surface area (Å²) in [7, 11) is 3.26. The van der Waals surface area contributed by atoms with E-state index in [2.05, 4.69) is 5.32 Å². The second kappa shape index (κ2) is 6.70. The minimum Gasteiger partial charge on any atom is -0.465 e. The van der Waals surface area contributed by atoms with E-state index < -0.39 is 0 Å². The van der Waals surface area contributed by atoms with Crippen molar-refractivity contribution in [3.05, 3.63) is 35.4 Å².